The first kappa shape index (κ1) is 15.8. The van der Waals surface area contributed by atoms with Gasteiger partial charge in [-0.15, -0.1) is 0 Å². The van der Waals surface area contributed by atoms with E-state index >= 15 is 0 Å². The molecular formula is C14H19N3O4. The topological polar surface area (TPSA) is 96.7 Å². The van der Waals surface area contributed by atoms with E-state index in [1.165, 1.54) is 7.11 Å². The zero-order chi connectivity index (χ0) is 15.1. The molecule has 1 aliphatic heterocycles. The zero-order valence-corrected chi connectivity index (χ0v) is 11.8. The van der Waals surface area contributed by atoms with Crippen LogP contribution in [0, 0.1) is 0 Å². The summed E-state index contributed by atoms with van der Waals surface area (Å²) in [5.41, 5.74) is 9.67. The number of aliphatic hydroxyl groups is 1. The number of benzene rings is 1. The highest BCUT2D eigenvalue weighted by Crippen LogP contribution is 2.24. The van der Waals surface area contributed by atoms with Crippen LogP contribution in [0.25, 0.3) is 10.4 Å². The van der Waals surface area contributed by atoms with Crippen LogP contribution in [0.5, 0.6) is 0 Å². The van der Waals surface area contributed by atoms with E-state index in [-0.39, 0.29) is 13.2 Å². The highest BCUT2D eigenvalue weighted by atomic mass is 16.6. The van der Waals surface area contributed by atoms with Crippen molar-refractivity contribution in [2.24, 2.45) is 5.11 Å². The van der Waals surface area contributed by atoms with E-state index in [2.05, 4.69) is 10.0 Å². The minimum absolute atomic E-state index is 0.174. The average molecular weight is 293 g/mol. The lowest BCUT2D eigenvalue weighted by Gasteiger charge is -2.39. The number of aliphatic hydroxyl groups excluding tert-OH is 1. The summed E-state index contributed by atoms with van der Waals surface area (Å²) in [6, 6.07) is 9.21. The van der Waals surface area contributed by atoms with Crippen LogP contribution in [0.1, 0.15) is 5.56 Å². The van der Waals surface area contributed by atoms with Crippen LogP contribution < -0.4 is 0 Å². The molecule has 21 heavy (non-hydrogen) atoms. The van der Waals surface area contributed by atoms with Crippen LogP contribution in [-0.2, 0) is 20.8 Å². The van der Waals surface area contributed by atoms with Gasteiger partial charge in [0.2, 0.25) is 0 Å². The lowest BCUT2D eigenvalue weighted by molar-refractivity contribution is -0.186. The number of azide groups is 1. The molecule has 7 nitrogen and oxygen atoms in total. The van der Waals surface area contributed by atoms with Crippen molar-refractivity contribution in [3.8, 4) is 0 Å². The number of methoxy groups -OCH3 is 1. The monoisotopic (exact) mass is 293 g/mol. The van der Waals surface area contributed by atoms with E-state index in [0.29, 0.717) is 6.61 Å². The van der Waals surface area contributed by atoms with Crippen LogP contribution >= 0.6 is 0 Å². The molecule has 1 aromatic carbocycles. The van der Waals surface area contributed by atoms with Crippen molar-refractivity contribution in [2.45, 2.75) is 31.0 Å². The second kappa shape index (κ2) is 7.97. The van der Waals surface area contributed by atoms with Gasteiger partial charge in [-0.05, 0) is 11.1 Å². The highest BCUT2D eigenvalue weighted by molar-refractivity contribution is 5.13. The molecule has 1 N–H and O–H groups in total. The molecule has 0 aromatic heterocycles. The summed E-state index contributed by atoms with van der Waals surface area (Å²) in [6.07, 6.45) is -1.43. The maximum atomic E-state index is 9.35. The summed E-state index contributed by atoms with van der Waals surface area (Å²) in [4.78, 5) is 2.83. The molecule has 0 saturated carbocycles. The Labute approximate surface area is 123 Å². The van der Waals surface area contributed by atoms with E-state index in [0.717, 1.165) is 5.56 Å². The largest absolute Gasteiger partial charge is 0.394 e. The Kier molecular flexibility index (Phi) is 5.98. The molecule has 0 amide bonds. The quantitative estimate of drug-likeness (QED) is 0.490. The Morgan fingerprint density at radius 2 is 2.14 bits per heavy atom. The molecule has 0 aliphatic carbocycles. The summed E-state index contributed by atoms with van der Waals surface area (Å²) in [5.74, 6) is 0. The predicted molar refractivity (Wildman–Crippen MR) is 75.6 cm³/mol. The Morgan fingerprint density at radius 1 is 1.38 bits per heavy atom. The summed E-state index contributed by atoms with van der Waals surface area (Å²) in [5, 5.41) is 13.1. The van der Waals surface area contributed by atoms with Crippen molar-refractivity contribution >= 4 is 0 Å². The SMILES string of the molecule is CO[C@@H]1C(CO)OCC(N=[N+]=[N-])[C@H]1OCc1ccccc1. The Bertz CT molecular complexity index is 478. The summed E-state index contributed by atoms with van der Waals surface area (Å²) < 4.78 is 16.7. The molecule has 4 atom stereocenters. The Balaban J connectivity index is 2.10. The summed E-state index contributed by atoms with van der Waals surface area (Å²) >= 11 is 0. The Hall–Kier alpha value is -1.63. The molecule has 2 unspecified atom stereocenters. The van der Waals surface area contributed by atoms with E-state index < -0.39 is 24.4 Å². The minimum Gasteiger partial charge on any atom is -0.394 e. The van der Waals surface area contributed by atoms with Crippen molar-refractivity contribution < 1.29 is 19.3 Å². The molecular weight excluding hydrogens is 274 g/mol. The number of hydrogen-bond acceptors (Lipinski definition) is 5. The van der Waals surface area contributed by atoms with Gasteiger partial charge in [-0.1, -0.05) is 35.4 Å². The first-order valence-electron chi connectivity index (χ1n) is 6.75. The molecule has 1 heterocycles. The zero-order valence-electron chi connectivity index (χ0n) is 11.8. The summed E-state index contributed by atoms with van der Waals surface area (Å²) in [7, 11) is 1.52. The second-order valence-electron chi connectivity index (χ2n) is 4.79. The summed E-state index contributed by atoms with van der Waals surface area (Å²) in [6.45, 7) is 0.405. The molecule has 2 rings (SSSR count). The average Bonchev–Trinajstić information content (AvgIpc) is 2.54. The fourth-order valence-electron chi connectivity index (χ4n) is 2.42. The first-order valence-corrected chi connectivity index (χ1v) is 6.75. The van der Waals surface area contributed by atoms with Gasteiger partial charge in [0, 0.05) is 12.0 Å². The maximum Gasteiger partial charge on any atom is 0.112 e. The molecule has 1 saturated heterocycles. The second-order valence-corrected chi connectivity index (χ2v) is 4.79. The Morgan fingerprint density at radius 3 is 2.76 bits per heavy atom. The van der Waals surface area contributed by atoms with Crippen LogP contribution in [0.15, 0.2) is 35.4 Å². The van der Waals surface area contributed by atoms with Crippen molar-refractivity contribution in [1.82, 2.24) is 0 Å². The molecule has 1 fully saturated rings. The fourth-order valence-corrected chi connectivity index (χ4v) is 2.42. The van der Waals surface area contributed by atoms with Crippen LogP contribution in [0.3, 0.4) is 0 Å². The lowest BCUT2D eigenvalue weighted by Crippen LogP contribution is -2.55. The van der Waals surface area contributed by atoms with Crippen molar-refractivity contribution in [1.29, 1.82) is 0 Å². The van der Waals surface area contributed by atoms with E-state index in [1.807, 2.05) is 30.3 Å². The van der Waals surface area contributed by atoms with Gasteiger partial charge in [-0.25, -0.2) is 0 Å². The van der Waals surface area contributed by atoms with Crippen LogP contribution in [0.4, 0.5) is 0 Å². The van der Waals surface area contributed by atoms with Gasteiger partial charge >= 0.3 is 0 Å². The van der Waals surface area contributed by atoms with E-state index in [9.17, 15) is 5.11 Å². The highest BCUT2D eigenvalue weighted by Gasteiger charge is 2.41. The van der Waals surface area contributed by atoms with Gasteiger partial charge < -0.3 is 19.3 Å². The smallest absolute Gasteiger partial charge is 0.112 e. The van der Waals surface area contributed by atoms with Gasteiger partial charge in [0.15, 0.2) is 0 Å². The third-order valence-electron chi connectivity index (χ3n) is 3.49. The molecule has 0 bridgehead atoms. The predicted octanol–water partition coefficient (Wildman–Crippen LogP) is 1.66. The van der Waals surface area contributed by atoms with Crippen LogP contribution in [-0.4, -0.2) is 49.8 Å². The molecule has 114 valence electrons. The number of nitrogens with zero attached hydrogens (tertiary/aromatic N) is 3. The van der Waals surface area contributed by atoms with E-state index in [4.69, 9.17) is 19.7 Å². The normalized spacial score (nSPS) is 28.9. The van der Waals surface area contributed by atoms with Gasteiger partial charge in [0.05, 0.1) is 32.0 Å². The fraction of sp³-hybridized carbons (Fsp3) is 0.571. The molecule has 1 aromatic rings. The standard InChI is InChI=1S/C14H19N3O4/c1-19-14-12(7-18)20-9-11(16-17-15)13(14)21-8-10-5-3-2-4-6-10/h2-6,11-14,18H,7-9H2,1H3/t11?,12?,13-,14-/m1/s1. The number of hydrogen-bond donors (Lipinski definition) is 1. The van der Waals surface area contributed by atoms with Gasteiger partial charge in [0.1, 0.15) is 12.2 Å². The maximum absolute atomic E-state index is 9.35. The van der Waals surface area contributed by atoms with E-state index in [1.54, 1.807) is 0 Å². The van der Waals surface area contributed by atoms with Crippen molar-refractivity contribution in [2.75, 3.05) is 20.3 Å². The van der Waals surface area contributed by atoms with Gasteiger partial charge in [-0.2, -0.15) is 0 Å². The third kappa shape index (κ3) is 3.93. The van der Waals surface area contributed by atoms with Gasteiger partial charge in [0.25, 0.3) is 0 Å². The van der Waals surface area contributed by atoms with Crippen molar-refractivity contribution in [3.63, 3.8) is 0 Å². The van der Waals surface area contributed by atoms with Crippen molar-refractivity contribution in [3.05, 3.63) is 46.3 Å². The number of ether oxygens (including phenoxy) is 3. The van der Waals surface area contributed by atoms with Gasteiger partial charge in [-0.3, -0.25) is 0 Å². The molecule has 0 spiro atoms. The first-order chi connectivity index (χ1) is 10.3. The molecule has 7 heteroatoms. The molecule has 1 aliphatic rings. The third-order valence-corrected chi connectivity index (χ3v) is 3.49. The number of rotatable bonds is 6. The minimum atomic E-state index is -0.485. The molecule has 0 radical (unpaired) electrons. The lowest BCUT2D eigenvalue weighted by atomic mass is 9.98. The van der Waals surface area contributed by atoms with Crippen LogP contribution in [0.2, 0.25) is 0 Å².